The number of carbonyl (C=O) groups is 1. The summed E-state index contributed by atoms with van der Waals surface area (Å²) in [6.45, 7) is 2.78. The number of nitrogens with zero attached hydrogens (tertiary/aromatic N) is 3. The normalized spacial score (nSPS) is 16.2. The summed E-state index contributed by atoms with van der Waals surface area (Å²) in [4.78, 5) is 23.8. The molecular weight excluding hydrogens is 466 g/mol. The van der Waals surface area contributed by atoms with Crippen LogP contribution in [0.25, 0.3) is 6.08 Å². The van der Waals surface area contributed by atoms with E-state index in [0.717, 1.165) is 11.1 Å². The summed E-state index contributed by atoms with van der Waals surface area (Å²) in [5, 5.41) is 3.77. The second-order valence-electron chi connectivity index (χ2n) is 6.66. The predicted octanol–water partition coefficient (Wildman–Crippen LogP) is 6.01. The Balaban J connectivity index is 1.54. The molecule has 1 aliphatic rings. The van der Waals surface area contributed by atoms with Crippen molar-refractivity contribution in [3.8, 4) is 11.5 Å². The van der Waals surface area contributed by atoms with Gasteiger partial charge >= 0.3 is 0 Å². The maximum Gasteiger partial charge on any atom is 0.266 e. The minimum Gasteiger partial charge on any atom is -0.493 e. The molecule has 4 rings (SSSR count). The van der Waals surface area contributed by atoms with Crippen LogP contribution in [0.3, 0.4) is 0 Å². The number of aliphatic imine (C=N–C) groups is 1. The van der Waals surface area contributed by atoms with Gasteiger partial charge in [0, 0.05) is 28.7 Å². The van der Waals surface area contributed by atoms with Crippen molar-refractivity contribution in [1.29, 1.82) is 0 Å². The van der Waals surface area contributed by atoms with Gasteiger partial charge in [0.15, 0.2) is 16.7 Å². The fraction of sp³-hybridized carbons (Fsp3) is 0.174. The summed E-state index contributed by atoms with van der Waals surface area (Å²) in [5.74, 6) is 1.10. The third kappa shape index (κ3) is 4.98. The second kappa shape index (κ2) is 10.2. The molecular formula is C23H20ClN3O3S2. The average molecular weight is 486 g/mol. The molecule has 1 aliphatic heterocycles. The van der Waals surface area contributed by atoms with Crippen molar-refractivity contribution in [3.05, 3.63) is 75.1 Å². The number of likely N-dealkylation sites (N-methyl/N-ethyl adjacent to an activating group) is 1. The molecule has 2 aromatic carbocycles. The minimum absolute atomic E-state index is 0.0779. The number of halogens is 1. The highest BCUT2D eigenvalue weighted by Gasteiger charge is 2.32. The standard InChI is InChI=1S/C23H20ClN3O3S2/c1-3-27-21(28)20(32-23(27)26-22-25-10-11-31-22)13-15-8-9-18(19(12-15)29-2)30-14-16-6-4-5-7-17(16)24/h4-13H,3,14H2,1-2H3/b20-13-,26-23+. The van der Waals surface area contributed by atoms with E-state index in [0.29, 0.717) is 44.9 Å². The number of methoxy groups -OCH3 is 1. The number of benzene rings is 2. The summed E-state index contributed by atoms with van der Waals surface area (Å²) in [6, 6.07) is 13.1. The molecule has 3 aromatic rings. The quantitative estimate of drug-likeness (QED) is 0.383. The number of amidine groups is 1. The summed E-state index contributed by atoms with van der Waals surface area (Å²) in [5.41, 5.74) is 1.72. The van der Waals surface area contributed by atoms with Gasteiger partial charge in [0.25, 0.3) is 5.91 Å². The van der Waals surface area contributed by atoms with Gasteiger partial charge in [0.05, 0.1) is 12.0 Å². The number of carbonyl (C=O) groups excluding carboxylic acids is 1. The molecule has 0 N–H and O–H groups in total. The minimum atomic E-state index is -0.0779. The molecule has 0 unspecified atom stereocenters. The Morgan fingerprint density at radius 1 is 1.22 bits per heavy atom. The third-order valence-electron chi connectivity index (χ3n) is 4.64. The van der Waals surface area contributed by atoms with Gasteiger partial charge in [0.2, 0.25) is 5.13 Å². The van der Waals surface area contributed by atoms with Crippen LogP contribution in [0.1, 0.15) is 18.1 Å². The van der Waals surface area contributed by atoms with E-state index in [-0.39, 0.29) is 5.91 Å². The molecule has 2 heterocycles. The zero-order valence-electron chi connectivity index (χ0n) is 17.4. The van der Waals surface area contributed by atoms with Gasteiger partial charge in [0.1, 0.15) is 6.61 Å². The topological polar surface area (TPSA) is 64.0 Å². The summed E-state index contributed by atoms with van der Waals surface area (Å²) >= 11 is 8.98. The number of ether oxygens (including phenoxy) is 2. The maximum absolute atomic E-state index is 12.9. The van der Waals surface area contributed by atoms with E-state index in [1.165, 1.54) is 23.1 Å². The van der Waals surface area contributed by atoms with Crippen molar-refractivity contribution in [2.75, 3.05) is 13.7 Å². The number of thioether (sulfide) groups is 1. The molecule has 0 aliphatic carbocycles. The lowest BCUT2D eigenvalue weighted by molar-refractivity contribution is -0.122. The van der Waals surface area contributed by atoms with E-state index in [1.54, 1.807) is 18.2 Å². The number of amides is 1. The summed E-state index contributed by atoms with van der Waals surface area (Å²) in [6.07, 6.45) is 3.53. The van der Waals surface area contributed by atoms with Gasteiger partial charge < -0.3 is 9.47 Å². The number of thiazole rings is 1. The molecule has 164 valence electrons. The van der Waals surface area contributed by atoms with Crippen molar-refractivity contribution in [2.45, 2.75) is 13.5 Å². The third-order valence-corrected chi connectivity index (χ3v) is 6.68. The molecule has 6 nitrogen and oxygen atoms in total. The Morgan fingerprint density at radius 2 is 2.06 bits per heavy atom. The molecule has 0 radical (unpaired) electrons. The fourth-order valence-electron chi connectivity index (χ4n) is 3.04. The first kappa shape index (κ1) is 22.4. The Morgan fingerprint density at radius 3 is 2.78 bits per heavy atom. The van der Waals surface area contributed by atoms with E-state index in [1.807, 2.05) is 60.8 Å². The van der Waals surface area contributed by atoms with E-state index < -0.39 is 0 Å². The first-order valence-corrected chi connectivity index (χ1v) is 11.9. The average Bonchev–Trinajstić information content (AvgIpc) is 3.41. The lowest BCUT2D eigenvalue weighted by atomic mass is 10.1. The summed E-state index contributed by atoms with van der Waals surface area (Å²) in [7, 11) is 1.59. The largest absolute Gasteiger partial charge is 0.493 e. The van der Waals surface area contributed by atoms with Crippen LogP contribution >= 0.6 is 34.7 Å². The highest BCUT2D eigenvalue weighted by atomic mass is 35.5. The highest BCUT2D eigenvalue weighted by molar-refractivity contribution is 8.18. The monoisotopic (exact) mass is 485 g/mol. The molecule has 32 heavy (non-hydrogen) atoms. The van der Waals surface area contributed by atoms with Crippen molar-refractivity contribution in [2.24, 2.45) is 4.99 Å². The molecule has 1 aromatic heterocycles. The Hall–Kier alpha value is -2.81. The van der Waals surface area contributed by atoms with Crippen LogP contribution < -0.4 is 9.47 Å². The van der Waals surface area contributed by atoms with Gasteiger partial charge in [-0.15, -0.1) is 11.3 Å². The number of hydrogen-bond donors (Lipinski definition) is 0. The van der Waals surface area contributed by atoms with Gasteiger partial charge in [-0.3, -0.25) is 9.69 Å². The lowest BCUT2D eigenvalue weighted by Crippen LogP contribution is -2.28. The molecule has 1 amide bonds. The molecule has 1 saturated heterocycles. The SMILES string of the molecule is CCN1C(=O)/C(=C/c2ccc(OCc3ccccc3Cl)c(OC)c2)S/C1=N/c1nccs1. The van der Waals surface area contributed by atoms with Gasteiger partial charge in [-0.1, -0.05) is 35.9 Å². The van der Waals surface area contributed by atoms with E-state index in [2.05, 4.69) is 9.98 Å². The molecule has 0 atom stereocenters. The number of aromatic nitrogens is 1. The Bertz CT molecular complexity index is 1180. The smallest absolute Gasteiger partial charge is 0.266 e. The van der Waals surface area contributed by atoms with Crippen molar-refractivity contribution in [1.82, 2.24) is 9.88 Å². The van der Waals surface area contributed by atoms with E-state index in [4.69, 9.17) is 21.1 Å². The van der Waals surface area contributed by atoms with Crippen LogP contribution in [-0.4, -0.2) is 34.6 Å². The van der Waals surface area contributed by atoms with E-state index in [9.17, 15) is 4.79 Å². The van der Waals surface area contributed by atoms with Crippen molar-refractivity contribution >= 4 is 57.0 Å². The predicted molar refractivity (Wildman–Crippen MR) is 131 cm³/mol. The molecule has 9 heteroatoms. The molecule has 0 spiro atoms. The molecule has 0 bridgehead atoms. The highest BCUT2D eigenvalue weighted by Crippen LogP contribution is 2.36. The van der Waals surface area contributed by atoms with Crippen LogP contribution in [0.15, 0.2) is 63.9 Å². The zero-order valence-corrected chi connectivity index (χ0v) is 19.8. The second-order valence-corrected chi connectivity index (χ2v) is 8.95. The van der Waals surface area contributed by atoms with Crippen molar-refractivity contribution in [3.63, 3.8) is 0 Å². The summed E-state index contributed by atoms with van der Waals surface area (Å²) < 4.78 is 11.4. The van der Waals surface area contributed by atoms with Crippen LogP contribution in [-0.2, 0) is 11.4 Å². The van der Waals surface area contributed by atoms with Gasteiger partial charge in [-0.05, 0) is 48.5 Å². The van der Waals surface area contributed by atoms with Gasteiger partial charge in [-0.2, -0.15) is 4.99 Å². The van der Waals surface area contributed by atoms with Crippen LogP contribution in [0, 0.1) is 0 Å². The van der Waals surface area contributed by atoms with Crippen molar-refractivity contribution < 1.29 is 14.3 Å². The van der Waals surface area contributed by atoms with Crippen LogP contribution in [0.2, 0.25) is 5.02 Å². The first-order valence-electron chi connectivity index (χ1n) is 9.83. The van der Waals surface area contributed by atoms with Gasteiger partial charge in [-0.25, -0.2) is 4.98 Å². The Labute approximate surface area is 199 Å². The molecule has 0 saturated carbocycles. The van der Waals surface area contributed by atoms with E-state index >= 15 is 0 Å². The van der Waals surface area contributed by atoms with Crippen LogP contribution in [0.4, 0.5) is 5.13 Å². The first-order chi connectivity index (χ1) is 15.6. The maximum atomic E-state index is 12.9. The Kier molecular flexibility index (Phi) is 7.14. The van der Waals surface area contributed by atoms with Crippen LogP contribution in [0.5, 0.6) is 11.5 Å². The fourth-order valence-corrected chi connectivity index (χ4v) is 4.83. The molecule has 1 fully saturated rings. The number of hydrogen-bond acceptors (Lipinski definition) is 7. The zero-order chi connectivity index (χ0) is 22.5. The lowest BCUT2D eigenvalue weighted by Gasteiger charge is -2.12. The number of rotatable bonds is 7.